The van der Waals surface area contributed by atoms with Crippen molar-refractivity contribution >= 4 is 21.6 Å². The number of hydrogen-bond acceptors (Lipinski definition) is 4. The molecule has 0 bridgehead atoms. The molecule has 1 heterocycles. The summed E-state index contributed by atoms with van der Waals surface area (Å²) in [5.74, 6) is -1.20. The summed E-state index contributed by atoms with van der Waals surface area (Å²) < 4.78 is 41.5. The number of anilines is 1. The number of benzene rings is 2. The van der Waals surface area contributed by atoms with Gasteiger partial charge in [0.2, 0.25) is 10.0 Å². The minimum Gasteiger partial charge on any atom is -0.382 e. The summed E-state index contributed by atoms with van der Waals surface area (Å²) in [4.78, 5) is 14.3. The highest BCUT2D eigenvalue weighted by Gasteiger charge is 2.27. The molecule has 0 saturated carbocycles. The predicted octanol–water partition coefficient (Wildman–Crippen LogP) is 3.23. The zero-order valence-corrected chi connectivity index (χ0v) is 17.4. The number of sulfonamides is 1. The Morgan fingerprint density at radius 3 is 2.38 bits per heavy atom. The molecule has 1 fully saturated rings. The highest BCUT2D eigenvalue weighted by Crippen LogP contribution is 2.21. The van der Waals surface area contributed by atoms with Crippen LogP contribution in [0.2, 0.25) is 0 Å². The molecule has 0 aliphatic carbocycles. The van der Waals surface area contributed by atoms with Gasteiger partial charge in [0.25, 0.3) is 5.91 Å². The molecule has 156 valence electrons. The number of nitrogens with zero attached hydrogens (tertiary/aromatic N) is 1. The number of carbonyl (C=O) groups is 1. The molecular formula is C21H26FN3O3S. The second-order valence-corrected chi connectivity index (χ2v) is 9.21. The Morgan fingerprint density at radius 1 is 1.10 bits per heavy atom. The highest BCUT2D eigenvalue weighted by atomic mass is 32.2. The fourth-order valence-electron chi connectivity index (χ4n) is 3.38. The van der Waals surface area contributed by atoms with Crippen molar-refractivity contribution in [3.8, 4) is 0 Å². The van der Waals surface area contributed by atoms with E-state index in [4.69, 9.17) is 0 Å². The number of amides is 1. The molecule has 2 N–H and O–H groups in total. The lowest BCUT2D eigenvalue weighted by Crippen LogP contribution is -2.42. The zero-order valence-electron chi connectivity index (χ0n) is 16.6. The van der Waals surface area contributed by atoms with Gasteiger partial charge in [0.1, 0.15) is 5.82 Å². The van der Waals surface area contributed by atoms with Crippen molar-refractivity contribution in [2.45, 2.75) is 43.7 Å². The second-order valence-electron chi connectivity index (χ2n) is 7.49. The van der Waals surface area contributed by atoms with E-state index in [1.165, 1.54) is 6.07 Å². The van der Waals surface area contributed by atoms with E-state index in [9.17, 15) is 17.6 Å². The molecule has 2 aromatic carbocycles. The normalized spacial score (nSPS) is 15.5. The van der Waals surface area contributed by atoms with Crippen LogP contribution < -0.4 is 10.0 Å². The number of nitrogens with one attached hydrogen (secondary N) is 2. The van der Waals surface area contributed by atoms with Crippen molar-refractivity contribution < 1.29 is 17.6 Å². The third kappa shape index (κ3) is 5.33. The number of rotatable bonds is 6. The Kier molecular flexibility index (Phi) is 6.54. The van der Waals surface area contributed by atoms with Gasteiger partial charge in [-0.05, 0) is 57.0 Å². The molecule has 1 amide bonds. The predicted molar refractivity (Wildman–Crippen MR) is 111 cm³/mol. The molecular weight excluding hydrogens is 393 g/mol. The van der Waals surface area contributed by atoms with E-state index >= 15 is 0 Å². The van der Waals surface area contributed by atoms with Gasteiger partial charge in [0.15, 0.2) is 0 Å². The maximum atomic E-state index is 14.3. The first-order chi connectivity index (χ1) is 13.8. The number of hydrogen-bond donors (Lipinski definition) is 2. The number of carbonyl (C=O) groups excluding carboxylic acids is 1. The molecule has 2 aromatic rings. The van der Waals surface area contributed by atoms with Gasteiger partial charge < -0.3 is 10.2 Å². The molecule has 0 atom stereocenters. The summed E-state index contributed by atoms with van der Waals surface area (Å²) in [6.07, 6.45) is 1.46. The maximum Gasteiger partial charge on any atom is 0.256 e. The Labute approximate surface area is 171 Å². The summed E-state index contributed by atoms with van der Waals surface area (Å²) in [6.45, 7) is 4.34. The van der Waals surface area contributed by atoms with Gasteiger partial charge in [0, 0.05) is 30.9 Å². The number of para-hydroxylation sites is 1. The van der Waals surface area contributed by atoms with Crippen LogP contribution in [0.3, 0.4) is 0 Å². The van der Waals surface area contributed by atoms with Crippen molar-refractivity contribution in [1.82, 2.24) is 9.62 Å². The first-order valence-corrected chi connectivity index (χ1v) is 11.2. The standard InChI is InChI=1S/C21H26FN3O3S/c1-15(2)24-29(27,28)18-8-9-20(22)19(14-18)21(26)25-12-10-17(11-13-25)23-16-6-4-3-5-7-16/h3-9,14-15,17,23-24H,10-13H2,1-2H3. The van der Waals surface area contributed by atoms with Crippen LogP contribution in [0.15, 0.2) is 53.4 Å². The third-order valence-electron chi connectivity index (χ3n) is 4.80. The molecule has 0 aromatic heterocycles. The van der Waals surface area contributed by atoms with Crippen molar-refractivity contribution in [3.63, 3.8) is 0 Å². The van der Waals surface area contributed by atoms with Gasteiger partial charge >= 0.3 is 0 Å². The van der Waals surface area contributed by atoms with Crippen LogP contribution in [0.1, 0.15) is 37.0 Å². The van der Waals surface area contributed by atoms with Crippen LogP contribution in [-0.2, 0) is 10.0 Å². The molecule has 1 aliphatic rings. The van der Waals surface area contributed by atoms with Crippen LogP contribution in [-0.4, -0.2) is 44.4 Å². The Bertz CT molecular complexity index is 956. The zero-order chi connectivity index (χ0) is 21.0. The van der Waals surface area contributed by atoms with Crippen LogP contribution >= 0.6 is 0 Å². The van der Waals surface area contributed by atoms with E-state index in [2.05, 4.69) is 10.0 Å². The first-order valence-electron chi connectivity index (χ1n) is 9.69. The molecule has 8 heteroatoms. The van der Waals surface area contributed by atoms with E-state index in [0.717, 1.165) is 30.7 Å². The molecule has 3 rings (SSSR count). The van der Waals surface area contributed by atoms with Gasteiger partial charge in [-0.3, -0.25) is 4.79 Å². The highest BCUT2D eigenvalue weighted by molar-refractivity contribution is 7.89. The molecule has 1 aliphatic heterocycles. The monoisotopic (exact) mass is 419 g/mol. The van der Waals surface area contributed by atoms with Crippen molar-refractivity contribution in [1.29, 1.82) is 0 Å². The topological polar surface area (TPSA) is 78.5 Å². The Hall–Kier alpha value is -2.45. The number of halogens is 1. The van der Waals surface area contributed by atoms with Crippen molar-refractivity contribution in [2.24, 2.45) is 0 Å². The molecule has 0 spiro atoms. The average molecular weight is 420 g/mol. The van der Waals surface area contributed by atoms with Crippen molar-refractivity contribution in [3.05, 3.63) is 59.9 Å². The summed E-state index contributed by atoms with van der Waals surface area (Å²) in [7, 11) is -3.80. The summed E-state index contributed by atoms with van der Waals surface area (Å²) in [6, 6.07) is 13.1. The summed E-state index contributed by atoms with van der Waals surface area (Å²) in [5, 5.41) is 3.44. The lowest BCUT2D eigenvalue weighted by atomic mass is 10.0. The maximum absolute atomic E-state index is 14.3. The van der Waals surface area contributed by atoms with Crippen LogP contribution in [0.5, 0.6) is 0 Å². The lowest BCUT2D eigenvalue weighted by molar-refractivity contribution is 0.0713. The fraction of sp³-hybridized carbons (Fsp3) is 0.381. The quantitative estimate of drug-likeness (QED) is 0.754. The number of piperidine rings is 1. The van der Waals surface area contributed by atoms with Gasteiger partial charge in [-0.1, -0.05) is 18.2 Å². The minimum absolute atomic E-state index is 0.114. The SMILES string of the molecule is CC(C)NS(=O)(=O)c1ccc(F)c(C(=O)N2CCC(Nc3ccccc3)CC2)c1. The average Bonchev–Trinajstić information content (AvgIpc) is 2.68. The third-order valence-corrected chi connectivity index (χ3v) is 6.45. The van der Waals surface area contributed by atoms with Gasteiger partial charge in [-0.2, -0.15) is 0 Å². The number of likely N-dealkylation sites (tertiary alicyclic amines) is 1. The van der Waals surface area contributed by atoms with Crippen LogP contribution in [0.4, 0.5) is 10.1 Å². The fourth-order valence-corrected chi connectivity index (χ4v) is 4.66. The second kappa shape index (κ2) is 8.92. The molecule has 0 radical (unpaired) electrons. The lowest BCUT2D eigenvalue weighted by Gasteiger charge is -2.33. The van der Waals surface area contributed by atoms with Gasteiger partial charge in [-0.25, -0.2) is 17.5 Å². The molecule has 0 unspecified atom stereocenters. The molecule has 1 saturated heterocycles. The van der Waals surface area contributed by atoms with Gasteiger partial charge in [0.05, 0.1) is 10.5 Å². The molecule has 6 nitrogen and oxygen atoms in total. The Balaban J connectivity index is 1.69. The summed E-state index contributed by atoms with van der Waals surface area (Å²) >= 11 is 0. The van der Waals surface area contributed by atoms with Gasteiger partial charge in [-0.15, -0.1) is 0 Å². The smallest absolute Gasteiger partial charge is 0.256 e. The molecule has 29 heavy (non-hydrogen) atoms. The Morgan fingerprint density at radius 2 is 1.76 bits per heavy atom. The van der Waals surface area contributed by atoms with Crippen molar-refractivity contribution in [2.75, 3.05) is 18.4 Å². The van der Waals surface area contributed by atoms with E-state index in [0.29, 0.717) is 13.1 Å². The van der Waals surface area contributed by atoms with E-state index < -0.39 is 21.7 Å². The van der Waals surface area contributed by atoms with E-state index in [1.54, 1.807) is 18.7 Å². The summed E-state index contributed by atoms with van der Waals surface area (Å²) in [5.41, 5.74) is 0.810. The van der Waals surface area contributed by atoms with E-state index in [1.807, 2.05) is 30.3 Å². The van der Waals surface area contributed by atoms with Crippen LogP contribution in [0.25, 0.3) is 0 Å². The largest absolute Gasteiger partial charge is 0.382 e. The van der Waals surface area contributed by atoms with Crippen LogP contribution in [0, 0.1) is 5.82 Å². The first kappa shape index (κ1) is 21.3. The minimum atomic E-state index is -3.80. The van der Waals surface area contributed by atoms with E-state index in [-0.39, 0.29) is 22.5 Å².